The third kappa shape index (κ3) is 8.26. The van der Waals surface area contributed by atoms with E-state index in [9.17, 15) is 18.0 Å². The van der Waals surface area contributed by atoms with Gasteiger partial charge in [0.05, 0.1) is 12.3 Å². The fourth-order valence-electron chi connectivity index (χ4n) is 2.47. The topological polar surface area (TPSA) is 52.1 Å². The minimum absolute atomic E-state index is 0.0273. The molecule has 7 heteroatoms. The fraction of sp³-hybridized carbons (Fsp3) is 0.706. The van der Waals surface area contributed by atoms with E-state index in [1.165, 1.54) is 6.20 Å². The first-order valence-corrected chi connectivity index (χ1v) is 8.48. The van der Waals surface area contributed by atoms with Gasteiger partial charge in [-0.05, 0) is 26.2 Å². The largest absolute Gasteiger partial charge is 0.466 e. The summed E-state index contributed by atoms with van der Waals surface area (Å²) in [4.78, 5) is 18.3. The average Bonchev–Trinajstić information content (AvgIpc) is 2.53. The molecule has 1 aromatic heterocycles. The highest BCUT2D eigenvalue weighted by atomic mass is 19.4. The van der Waals surface area contributed by atoms with E-state index < -0.39 is 11.9 Å². The molecule has 0 aromatic carbocycles. The van der Waals surface area contributed by atoms with E-state index in [4.69, 9.17) is 4.74 Å². The summed E-state index contributed by atoms with van der Waals surface area (Å²) in [5, 5.41) is 0. The van der Waals surface area contributed by atoms with Crippen LogP contribution in [0.3, 0.4) is 0 Å². The van der Waals surface area contributed by atoms with Crippen molar-refractivity contribution in [2.24, 2.45) is 0 Å². The predicted octanol–water partition coefficient (Wildman–Crippen LogP) is 4.72. The number of aryl methyl sites for hydroxylation is 1. The Balaban J connectivity index is 2.10. The van der Waals surface area contributed by atoms with Gasteiger partial charge in [0.1, 0.15) is 0 Å². The van der Waals surface area contributed by atoms with Crippen molar-refractivity contribution in [1.82, 2.24) is 9.97 Å². The second-order valence-corrected chi connectivity index (χ2v) is 5.63. The quantitative estimate of drug-likeness (QED) is 0.430. The molecule has 1 rings (SSSR count). The maximum atomic E-state index is 12.8. The predicted molar refractivity (Wildman–Crippen MR) is 84.3 cm³/mol. The number of carbonyl (C=O) groups excluding carboxylic acids is 1. The van der Waals surface area contributed by atoms with E-state index in [0.29, 0.717) is 25.9 Å². The van der Waals surface area contributed by atoms with Crippen molar-refractivity contribution < 1.29 is 22.7 Å². The number of rotatable bonds is 11. The van der Waals surface area contributed by atoms with E-state index in [1.807, 2.05) is 0 Å². The Morgan fingerprint density at radius 1 is 1.00 bits per heavy atom. The lowest BCUT2D eigenvalue weighted by atomic mass is 10.1. The monoisotopic (exact) mass is 346 g/mol. The van der Waals surface area contributed by atoms with Gasteiger partial charge in [0.15, 0.2) is 5.69 Å². The number of alkyl halides is 3. The van der Waals surface area contributed by atoms with Gasteiger partial charge in [0.25, 0.3) is 0 Å². The molecule has 0 saturated carbocycles. The summed E-state index contributed by atoms with van der Waals surface area (Å²) in [5.74, 6) is -0.151. The molecule has 0 radical (unpaired) electrons. The average molecular weight is 346 g/mol. The molecule has 0 saturated heterocycles. The number of carbonyl (C=O) groups is 1. The summed E-state index contributed by atoms with van der Waals surface area (Å²) >= 11 is 0. The Morgan fingerprint density at radius 2 is 1.58 bits per heavy atom. The highest BCUT2D eigenvalue weighted by Crippen LogP contribution is 2.29. The maximum Gasteiger partial charge on any atom is 0.435 e. The van der Waals surface area contributed by atoms with Crippen molar-refractivity contribution in [3.05, 3.63) is 23.8 Å². The molecule has 0 aliphatic rings. The minimum atomic E-state index is -4.44. The molecule has 0 N–H and O–H groups in total. The van der Waals surface area contributed by atoms with Crippen LogP contribution in [-0.4, -0.2) is 22.5 Å². The number of ether oxygens (including phenoxy) is 1. The second-order valence-electron chi connectivity index (χ2n) is 5.63. The third-order valence-electron chi connectivity index (χ3n) is 3.64. The van der Waals surface area contributed by atoms with Crippen LogP contribution in [0.4, 0.5) is 13.2 Å². The Bertz CT molecular complexity index is 493. The molecule has 0 amide bonds. The van der Waals surface area contributed by atoms with E-state index in [2.05, 4.69) is 9.97 Å². The summed E-state index contributed by atoms with van der Waals surface area (Å²) in [7, 11) is 0. The van der Waals surface area contributed by atoms with Gasteiger partial charge < -0.3 is 4.74 Å². The zero-order chi connectivity index (χ0) is 17.8. The lowest BCUT2D eigenvalue weighted by Gasteiger charge is -2.10. The van der Waals surface area contributed by atoms with E-state index in [0.717, 1.165) is 44.7 Å². The first kappa shape index (κ1) is 20.4. The number of nitrogens with zero attached hydrogens (tertiary/aromatic N) is 2. The molecule has 0 atom stereocenters. The normalized spacial score (nSPS) is 11.5. The van der Waals surface area contributed by atoms with Gasteiger partial charge in [0, 0.05) is 18.8 Å². The molecule has 1 heterocycles. The Morgan fingerprint density at radius 3 is 2.21 bits per heavy atom. The van der Waals surface area contributed by atoms with Crippen molar-refractivity contribution in [2.45, 2.75) is 70.9 Å². The van der Waals surface area contributed by atoms with Crippen molar-refractivity contribution in [2.75, 3.05) is 6.61 Å². The summed E-state index contributed by atoms with van der Waals surface area (Å²) in [6.07, 6.45) is 5.05. The van der Waals surface area contributed by atoms with Crippen molar-refractivity contribution in [3.63, 3.8) is 0 Å². The molecule has 136 valence electrons. The third-order valence-corrected chi connectivity index (χ3v) is 3.64. The molecule has 0 unspecified atom stereocenters. The molecule has 4 nitrogen and oxygen atoms in total. The number of hydrogen-bond donors (Lipinski definition) is 0. The first-order valence-electron chi connectivity index (χ1n) is 8.48. The maximum absolute atomic E-state index is 12.8. The molecule has 24 heavy (non-hydrogen) atoms. The lowest BCUT2D eigenvalue weighted by Crippen LogP contribution is -2.13. The zero-order valence-electron chi connectivity index (χ0n) is 14.1. The van der Waals surface area contributed by atoms with Gasteiger partial charge in [-0.15, -0.1) is 0 Å². The highest BCUT2D eigenvalue weighted by Gasteiger charge is 2.35. The molecule has 0 fully saturated rings. The fourth-order valence-corrected chi connectivity index (χ4v) is 2.47. The zero-order valence-corrected chi connectivity index (χ0v) is 14.1. The number of hydrogen-bond acceptors (Lipinski definition) is 4. The summed E-state index contributed by atoms with van der Waals surface area (Å²) < 4.78 is 43.1. The first-order chi connectivity index (χ1) is 11.4. The van der Waals surface area contributed by atoms with Crippen LogP contribution >= 0.6 is 0 Å². The van der Waals surface area contributed by atoms with Crippen LogP contribution in [0.2, 0.25) is 0 Å². The number of esters is 1. The highest BCUT2D eigenvalue weighted by molar-refractivity contribution is 5.69. The lowest BCUT2D eigenvalue weighted by molar-refractivity contribution is -0.143. The Labute approximate surface area is 140 Å². The standard InChI is InChI=1S/C17H25F3N2O2/c1-2-24-15(23)11-9-7-5-3-4-6-8-10-14-16(17(18,19)20)22-13-12-21-14/h12-13H,2-11H2,1H3. The van der Waals surface area contributed by atoms with Crippen LogP contribution in [0.25, 0.3) is 0 Å². The smallest absolute Gasteiger partial charge is 0.435 e. The number of aromatic nitrogens is 2. The molecule has 0 spiro atoms. The van der Waals surface area contributed by atoms with Gasteiger partial charge in [-0.2, -0.15) is 13.2 Å². The van der Waals surface area contributed by atoms with Crippen LogP contribution in [0.1, 0.15) is 69.7 Å². The van der Waals surface area contributed by atoms with Crippen LogP contribution in [0.5, 0.6) is 0 Å². The number of halogens is 3. The van der Waals surface area contributed by atoms with Crippen LogP contribution in [0.15, 0.2) is 12.4 Å². The minimum Gasteiger partial charge on any atom is -0.466 e. The van der Waals surface area contributed by atoms with Crippen LogP contribution in [-0.2, 0) is 22.1 Å². The molecule has 0 bridgehead atoms. The molecule has 0 aliphatic heterocycles. The van der Waals surface area contributed by atoms with Gasteiger partial charge in [-0.1, -0.05) is 32.1 Å². The molecular weight excluding hydrogens is 321 g/mol. The van der Waals surface area contributed by atoms with Crippen molar-refractivity contribution >= 4 is 5.97 Å². The molecule has 0 aliphatic carbocycles. The van der Waals surface area contributed by atoms with Gasteiger partial charge >= 0.3 is 12.1 Å². The molecule has 1 aromatic rings. The van der Waals surface area contributed by atoms with E-state index in [-0.39, 0.29) is 11.7 Å². The van der Waals surface area contributed by atoms with Crippen molar-refractivity contribution in [3.8, 4) is 0 Å². The van der Waals surface area contributed by atoms with E-state index >= 15 is 0 Å². The van der Waals surface area contributed by atoms with Gasteiger partial charge in [0.2, 0.25) is 0 Å². The van der Waals surface area contributed by atoms with Gasteiger partial charge in [-0.3, -0.25) is 9.78 Å². The number of unbranched alkanes of at least 4 members (excludes halogenated alkanes) is 6. The summed E-state index contributed by atoms with van der Waals surface area (Å²) in [5.41, 5.74) is -0.844. The van der Waals surface area contributed by atoms with E-state index in [1.54, 1.807) is 6.92 Å². The summed E-state index contributed by atoms with van der Waals surface area (Å²) in [6, 6.07) is 0. The van der Waals surface area contributed by atoms with Crippen LogP contribution in [0, 0.1) is 0 Å². The SMILES string of the molecule is CCOC(=O)CCCCCCCCCc1nccnc1C(F)(F)F. The Kier molecular flexibility index (Phi) is 9.34. The summed E-state index contributed by atoms with van der Waals surface area (Å²) in [6.45, 7) is 2.21. The van der Waals surface area contributed by atoms with Crippen LogP contribution < -0.4 is 0 Å². The van der Waals surface area contributed by atoms with Gasteiger partial charge in [-0.25, -0.2) is 4.98 Å². The molecular formula is C17H25F3N2O2. The Hall–Kier alpha value is -1.66. The van der Waals surface area contributed by atoms with Crippen molar-refractivity contribution in [1.29, 1.82) is 0 Å². The second kappa shape index (κ2) is 11.0.